The van der Waals surface area contributed by atoms with Crippen LogP contribution < -0.4 is 4.74 Å². The van der Waals surface area contributed by atoms with E-state index < -0.39 is 6.10 Å². The fourth-order valence-corrected chi connectivity index (χ4v) is 4.34. The normalized spacial score (nSPS) is 12.5. The third kappa shape index (κ3) is 3.16. The van der Waals surface area contributed by atoms with Crippen LogP contribution in [0.15, 0.2) is 26.5 Å². The average Bonchev–Trinajstić information content (AvgIpc) is 2.68. The first kappa shape index (κ1) is 15.3. The van der Waals surface area contributed by atoms with E-state index in [1.807, 2.05) is 13.0 Å². The van der Waals surface area contributed by atoms with E-state index in [4.69, 9.17) is 16.3 Å². The van der Waals surface area contributed by atoms with Gasteiger partial charge >= 0.3 is 0 Å². The quantitative estimate of drug-likeness (QED) is 0.719. The van der Waals surface area contributed by atoms with Crippen molar-refractivity contribution < 1.29 is 9.84 Å². The van der Waals surface area contributed by atoms with E-state index in [-0.39, 0.29) is 0 Å². The predicted octanol–water partition coefficient (Wildman–Crippen LogP) is 5.33. The minimum Gasteiger partial charge on any atom is -0.495 e. The van der Waals surface area contributed by atoms with Crippen LogP contribution in [0, 0.1) is 6.92 Å². The summed E-state index contributed by atoms with van der Waals surface area (Å²) in [6, 6.07) is 5.42. The number of aryl methyl sites for hydroxylation is 1. The van der Waals surface area contributed by atoms with Crippen LogP contribution in [-0.2, 0) is 0 Å². The van der Waals surface area contributed by atoms with Gasteiger partial charge in [-0.3, -0.25) is 0 Å². The van der Waals surface area contributed by atoms with Crippen molar-refractivity contribution in [2.45, 2.75) is 13.0 Å². The van der Waals surface area contributed by atoms with E-state index in [9.17, 15) is 5.11 Å². The molecule has 0 radical (unpaired) electrons. The second-order valence-electron chi connectivity index (χ2n) is 4.02. The summed E-state index contributed by atoms with van der Waals surface area (Å²) in [6.45, 7) is 1.99. The number of halogens is 3. The second kappa shape index (κ2) is 6.14. The number of thiophene rings is 1. The first-order chi connectivity index (χ1) is 8.93. The summed E-state index contributed by atoms with van der Waals surface area (Å²) < 4.78 is 7.08. The van der Waals surface area contributed by atoms with E-state index in [0.717, 1.165) is 18.7 Å². The molecule has 0 amide bonds. The number of hydrogen-bond donors (Lipinski definition) is 1. The van der Waals surface area contributed by atoms with Crippen molar-refractivity contribution in [3.8, 4) is 5.75 Å². The molecule has 1 N–H and O–H groups in total. The molecule has 0 bridgehead atoms. The molecule has 2 aromatic rings. The molecule has 1 unspecified atom stereocenters. The van der Waals surface area contributed by atoms with Crippen molar-refractivity contribution in [3.63, 3.8) is 0 Å². The molecule has 0 fully saturated rings. The van der Waals surface area contributed by atoms with Gasteiger partial charge in [-0.15, -0.1) is 11.3 Å². The summed E-state index contributed by atoms with van der Waals surface area (Å²) in [4.78, 5) is 0.844. The Hall–Kier alpha value is -0.0700. The van der Waals surface area contributed by atoms with Crippen LogP contribution in [0.3, 0.4) is 0 Å². The van der Waals surface area contributed by atoms with Crippen molar-refractivity contribution >= 4 is 54.8 Å². The van der Waals surface area contributed by atoms with Crippen LogP contribution in [0.5, 0.6) is 5.75 Å². The van der Waals surface area contributed by atoms with Crippen LogP contribution >= 0.6 is 54.8 Å². The molecule has 0 aliphatic rings. The molecule has 0 spiro atoms. The molecule has 0 saturated carbocycles. The molecule has 0 aliphatic carbocycles. The fraction of sp³-hybridized carbons (Fsp3) is 0.231. The highest BCUT2D eigenvalue weighted by Crippen LogP contribution is 2.41. The number of benzene rings is 1. The number of rotatable bonds is 3. The molecule has 102 valence electrons. The standard InChI is InChI=1S/C13H11Br2ClO2S/c1-6-3-10(19-13(6)15)11(17)8-4-7(16)5-9(14)12(8)18-2/h3-5,11,17H,1-2H3. The number of aliphatic hydroxyl groups is 1. The van der Waals surface area contributed by atoms with Gasteiger partial charge in [-0.2, -0.15) is 0 Å². The highest BCUT2D eigenvalue weighted by Gasteiger charge is 2.21. The number of ether oxygens (including phenoxy) is 1. The van der Waals surface area contributed by atoms with Crippen LogP contribution in [0.1, 0.15) is 22.1 Å². The molecule has 2 nitrogen and oxygen atoms in total. The maximum absolute atomic E-state index is 10.5. The summed E-state index contributed by atoms with van der Waals surface area (Å²) in [5.74, 6) is 0.596. The van der Waals surface area contributed by atoms with Gasteiger partial charge in [0.25, 0.3) is 0 Å². The molecule has 1 atom stereocenters. The molecule has 0 aliphatic heterocycles. The van der Waals surface area contributed by atoms with E-state index in [1.54, 1.807) is 19.2 Å². The largest absolute Gasteiger partial charge is 0.495 e. The SMILES string of the molecule is COc1c(Br)cc(Cl)cc1C(O)c1cc(C)c(Br)s1. The van der Waals surface area contributed by atoms with Gasteiger partial charge in [0.15, 0.2) is 0 Å². The zero-order chi connectivity index (χ0) is 14.2. The Morgan fingerprint density at radius 1 is 1.32 bits per heavy atom. The summed E-state index contributed by atoms with van der Waals surface area (Å²) >= 11 is 14.4. The lowest BCUT2D eigenvalue weighted by molar-refractivity contribution is 0.218. The molecular weight excluding hydrogens is 415 g/mol. The minimum absolute atomic E-state index is 0.550. The third-order valence-corrected chi connectivity index (χ3v) is 5.68. The maximum Gasteiger partial charge on any atom is 0.139 e. The summed E-state index contributed by atoms with van der Waals surface area (Å²) in [5.41, 5.74) is 1.75. The van der Waals surface area contributed by atoms with E-state index >= 15 is 0 Å². The van der Waals surface area contributed by atoms with Gasteiger partial charge in [-0.25, -0.2) is 0 Å². The van der Waals surface area contributed by atoms with Gasteiger partial charge < -0.3 is 9.84 Å². The van der Waals surface area contributed by atoms with E-state index in [0.29, 0.717) is 16.3 Å². The maximum atomic E-state index is 10.5. The zero-order valence-corrected chi connectivity index (χ0v) is 15.0. The topological polar surface area (TPSA) is 29.5 Å². The highest BCUT2D eigenvalue weighted by molar-refractivity contribution is 9.11. The van der Waals surface area contributed by atoms with Gasteiger partial charge in [0, 0.05) is 15.5 Å². The van der Waals surface area contributed by atoms with E-state index in [2.05, 4.69) is 31.9 Å². The summed E-state index contributed by atoms with van der Waals surface area (Å²) in [6.07, 6.45) is -0.764. The van der Waals surface area contributed by atoms with Gasteiger partial charge in [-0.05, 0) is 62.5 Å². The van der Waals surface area contributed by atoms with Crippen molar-refractivity contribution in [3.05, 3.63) is 47.5 Å². The van der Waals surface area contributed by atoms with Crippen molar-refractivity contribution in [2.24, 2.45) is 0 Å². The number of methoxy groups -OCH3 is 1. The second-order valence-corrected chi connectivity index (χ2v) is 7.71. The number of hydrogen-bond acceptors (Lipinski definition) is 3. The zero-order valence-electron chi connectivity index (χ0n) is 10.2. The summed E-state index contributed by atoms with van der Waals surface area (Å²) in [7, 11) is 1.57. The minimum atomic E-state index is -0.764. The van der Waals surface area contributed by atoms with Gasteiger partial charge in [0.2, 0.25) is 0 Å². The fourth-order valence-electron chi connectivity index (χ4n) is 1.77. The lowest BCUT2D eigenvalue weighted by Gasteiger charge is -2.15. The van der Waals surface area contributed by atoms with Crippen LogP contribution in [0.25, 0.3) is 0 Å². The molecule has 6 heteroatoms. The molecule has 2 rings (SSSR count). The Balaban J connectivity index is 2.51. The average molecular weight is 427 g/mol. The van der Waals surface area contributed by atoms with Crippen molar-refractivity contribution in [1.82, 2.24) is 0 Å². The van der Waals surface area contributed by atoms with Crippen LogP contribution in [0.2, 0.25) is 5.02 Å². The van der Waals surface area contributed by atoms with Crippen LogP contribution in [-0.4, -0.2) is 12.2 Å². The van der Waals surface area contributed by atoms with E-state index in [1.165, 1.54) is 11.3 Å². The van der Waals surface area contributed by atoms with Crippen LogP contribution in [0.4, 0.5) is 0 Å². The Morgan fingerprint density at radius 2 is 2.00 bits per heavy atom. The molecule has 1 aromatic heterocycles. The predicted molar refractivity (Wildman–Crippen MR) is 86.5 cm³/mol. The number of aliphatic hydroxyl groups excluding tert-OH is 1. The molecule has 0 saturated heterocycles. The highest BCUT2D eigenvalue weighted by atomic mass is 79.9. The van der Waals surface area contributed by atoms with Gasteiger partial charge in [-0.1, -0.05) is 11.6 Å². The smallest absolute Gasteiger partial charge is 0.139 e. The molecule has 19 heavy (non-hydrogen) atoms. The first-order valence-corrected chi connectivity index (χ1v) is 8.19. The third-order valence-electron chi connectivity index (χ3n) is 2.68. The Bertz CT molecular complexity index is 593. The van der Waals surface area contributed by atoms with Crippen molar-refractivity contribution in [2.75, 3.05) is 7.11 Å². The molecular formula is C13H11Br2ClO2S. The van der Waals surface area contributed by atoms with Crippen molar-refractivity contribution in [1.29, 1.82) is 0 Å². The Labute approximate surface area is 137 Å². The lowest BCUT2D eigenvalue weighted by Crippen LogP contribution is -2.01. The lowest BCUT2D eigenvalue weighted by atomic mass is 10.1. The molecule has 1 heterocycles. The first-order valence-electron chi connectivity index (χ1n) is 5.41. The van der Waals surface area contributed by atoms with Gasteiger partial charge in [0.1, 0.15) is 11.9 Å². The Kier molecular flexibility index (Phi) is 4.95. The summed E-state index contributed by atoms with van der Waals surface area (Å²) in [5, 5.41) is 11.1. The molecule has 1 aromatic carbocycles. The monoisotopic (exact) mass is 424 g/mol. The Morgan fingerprint density at radius 3 is 2.53 bits per heavy atom. The van der Waals surface area contributed by atoms with Gasteiger partial charge in [0.05, 0.1) is 15.4 Å².